The van der Waals surface area contributed by atoms with Crippen LogP contribution in [0.4, 0.5) is 5.69 Å². The van der Waals surface area contributed by atoms with Crippen molar-refractivity contribution in [1.29, 1.82) is 0 Å². The van der Waals surface area contributed by atoms with Crippen molar-refractivity contribution in [1.82, 2.24) is 4.57 Å². The van der Waals surface area contributed by atoms with E-state index in [1.165, 1.54) is 0 Å². The first-order valence-corrected chi connectivity index (χ1v) is 11.5. The molecule has 0 saturated carbocycles. The molecule has 1 heterocycles. The summed E-state index contributed by atoms with van der Waals surface area (Å²) in [6.07, 6.45) is -1.43. The average Bonchev–Trinajstić information content (AvgIpc) is 3.09. The van der Waals surface area contributed by atoms with Crippen molar-refractivity contribution in [3.63, 3.8) is 0 Å². The molecule has 7 nitrogen and oxygen atoms in total. The first-order chi connectivity index (χ1) is 16.3. The average molecular weight is 465 g/mol. The van der Waals surface area contributed by atoms with E-state index in [-0.39, 0.29) is 12.3 Å². The van der Waals surface area contributed by atoms with Gasteiger partial charge in [-0.2, -0.15) is 0 Å². The van der Waals surface area contributed by atoms with Gasteiger partial charge in [-0.3, -0.25) is 9.59 Å². The second-order valence-electron chi connectivity index (χ2n) is 8.40. The highest BCUT2D eigenvalue weighted by Gasteiger charge is 2.26. The molecule has 0 spiro atoms. The molecule has 0 saturated heterocycles. The molecule has 0 aliphatic heterocycles. The predicted octanol–water partition coefficient (Wildman–Crippen LogP) is 4.25. The summed E-state index contributed by atoms with van der Waals surface area (Å²) in [6, 6.07) is 19.1. The second-order valence-corrected chi connectivity index (χ2v) is 8.40. The number of amides is 1. The van der Waals surface area contributed by atoms with Crippen LogP contribution in [-0.4, -0.2) is 44.0 Å². The van der Waals surface area contributed by atoms with Crippen molar-refractivity contribution < 1.29 is 24.9 Å². The van der Waals surface area contributed by atoms with E-state index in [9.17, 15) is 19.8 Å². The van der Waals surface area contributed by atoms with Crippen molar-refractivity contribution >= 4 is 17.6 Å². The zero-order valence-electron chi connectivity index (χ0n) is 19.6. The Labute approximate surface area is 199 Å². The highest BCUT2D eigenvalue weighted by Crippen LogP contribution is 2.34. The maximum Gasteiger partial charge on any atom is 0.305 e. The van der Waals surface area contributed by atoms with Crippen molar-refractivity contribution in [3.8, 4) is 11.1 Å². The molecule has 4 N–H and O–H groups in total. The third-order valence-corrected chi connectivity index (χ3v) is 5.93. The minimum atomic E-state index is -1.10. The third kappa shape index (κ3) is 6.12. The molecule has 34 heavy (non-hydrogen) atoms. The van der Waals surface area contributed by atoms with Gasteiger partial charge in [0.1, 0.15) is 0 Å². The quantitative estimate of drug-likeness (QED) is 0.339. The van der Waals surface area contributed by atoms with Crippen molar-refractivity contribution in [2.24, 2.45) is 0 Å². The van der Waals surface area contributed by atoms with Crippen LogP contribution in [0.5, 0.6) is 0 Å². The van der Waals surface area contributed by atoms with E-state index >= 15 is 0 Å². The zero-order chi connectivity index (χ0) is 24.7. The minimum Gasteiger partial charge on any atom is -0.481 e. The van der Waals surface area contributed by atoms with E-state index in [2.05, 4.69) is 9.88 Å². The first kappa shape index (κ1) is 25.2. The molecule has 0 bridgehead atoms. The van der Waals surface area contributed by atoms with E-state index in [0.29, 0.717) is 30.6 Å². The number of rotatable bonds is 11. The molecule has 1 aromatic heterocycles. The monoisotopic (exact) mass is 464 g/mol. The first-order valence-electron chi connectivity index (χ1n) is 11.5. The van der Waals surface area contributed by atoms with Crippen LogP contribution >= 0.6 is 0 Å². The van der Waals surface area contributed by atoms with Crippen LogP contribution in [0.2, 0.25) is 0 Å². The van der Waals surface area contributed by atoms with Crippen LogP contribution in [0.25, 0.3) is 11.1 Å². The van der Waals surface area contributed by atoms with Crippen molar-refractivity contribution in [2.75, 3.05) is 5.32 Å². The fraction of sp³-hybridized carbons (Fsp3) is 0.333. The molecule has 1 amide bonds. The molecular formula is C27H32N2O5. The number of aromatic nitrogens is 1. The topological polar surface area (TPSA) is 112 Å². The number of nitrogens with zero attached hydrogens (tertiary/aromatic N) is 1. The van der Waals surface area contributed by atoms with Crippen molar-refractivity contribution in [3.05, 3.63) is 77.6 Å². The number of aliphatic hydroxyl groups excluding tert-OH is 2. The van der Waals surface area contributed by atoms with Crippen LogP contribution < -0.4 is 5.32 Å². The highest BCUT2D eigenvalue weighted by atomic mass is 16.4. The minimum absolute atomic E-state index is 0.0129. The lowest BCUT2D eigenvalue weighted by Crippen LogP contribution is -2.22. The summed E-state index contributed by atoms with van der Waals surface area (Å²) in [5, 5.41) is 32.1. The number of para-hydroxylation sites is 1. The van der Waals surface area contributed by atoms with Gasteiger partial charge in [0.25, 0.3) is 5.91 Å². The molecule has 3 rings (SSSR count). The van der Waals surface area contributed by atoms with E-state index < -0.39 is 24.6 Å². The largest absolute Gasteiger partial charge is 0.481 e. The van der Waals surface area contributed by atoms with E-state index in [4.69, 9.17) is 5.11 Å². The number of anilines is 1. The molecule has 2 aromatic carbocycles. The normalized spacial score (nSPS) is 12.8. The van der Waals surface area contributed by atoms with Crippen LogP contribution in [0.3, 0.4) is 0 Å². The summed E-state index contributed by atoms with van der Waals surface area (Å²) in [4.78, 5) is 24.3. The number of hydrogen-bond donors (Lipinski definition) is 4. The van der Waals surface area contributed by atoms with Gasteiger partial charge in [0.15, 0.2) is 0 Å². The maximum absolute atomic E-state index is 13.5. The molecule has 0 aliphatic rings. The standard InChI is InChI=1S/C27H32N2O5/c1-3-23-26(27(34)28-20-12-8-5-9-13-20)25(19-10-6-4-7-11-19)18(2)29(23)15-14-21(30)16-22(31)17-24(32)33/h4-13,21-22,30-31H,3,14-17H2,1-2H3,(H,28,34)(H,32,33)/t21-,22-/m1/s1. The van der Waals surface area contributed by atoms with E-state index in [1.807, 2.05) is 74.5 Å². The molecule has 180 valence electrons. The number of nitrogens with one attached hydrogen (secondary N) is 1. The number of aliphatic hydroxyl groups is 2. The molecule has 3 aromatic rings. The van der Waals surface area contributed by atoms with Gasteiger partial charge >= 0.3 is 5.97 Å². The summed E-state index contributed by atoms with van der Waals surface area (Å²) >= 11 is 0. The SMILES string of the molecule is CCc1c(C(=O)Nc2ccccc2)c(-c2ccccc2)c(C)n1CC[C@@H](O)C[C@@H](O)CC(=O)O. The Morgan fingerprint density at radius 3 is 2.18 bits per heavy atom. The lowest BCUT2D eigenvalue weighted by atomic mass is 9.99. The van der Waals surface area contributed by atoms with Gasteiger partial charge < -0.3 is 25.2 Å². The van der Waals surface area contributed by atoms with Crippen LogP contribution in [0.15, 0.2) is 60.7 Å². The number of benzene rings is 2. The Balaban J connectivity index is 1.94. The summed E-state index contributed by atoms with van der Waals surface area (Å²) in [6.45, 7) is 4.40. The predicted molar refractivity (Wildman–Crippen MR) is 132 cm³/mol. The zero-order valence-corrected chi connectivity index (χ0v) is 19.6. The van der Waals surface area contributed by atoms with Gasteiger partial charge in [-0.05, 0) is 43.9 Å². The summed E-state index contributed by atoms with van der Waals surface area (Å²) in [5.41, 5.74) is 4.88. The molecule has 0 fully saturated rings. The fourth-order valence-electron chi connectivity index (χ4n) is 4.38. The lowest BCUT2D eigenvalue weighted by molar-refractivity contribution is -0.139. The van der Waals surface area contributed by atoms with E-state index in [0.717, 1.165) is 22.5 Å². The second kappa shape index (κ2) is 11.6. The Hall–Kier alpha value is -3.42. The smallest absolute Gasteiger partial charge is 0.305 e. The Morgan fingerprint density at radius 1 is 0.971 bits per heavy atom. The summed E-state index contributed by atoms with van der Waals surface area (Å²) < 4.78 is 2.05. The van der Waals surface area contributed by atoms with Gasteiger partial charge in [-0.25, -0.2) is 0 Å². The fourth-order valence-corrected chi connectivity index (χ4v) is 4.38. The van der Waals surface area contributed by atoms with Gasteiger partial charge in [0.05, 0.1) is 24.2 Å². The van der Waals surface area contributed by atoms with Gasteiger partial charge in [0, 0.05) is 29.2 Å². The number of carbonyl (C=O) groups excluding carboxylic acids is 1. The molecule has 7 heteroatoms. The number of carboxylic acid groups (broad SMARTS) is 1. The van der Waals surface area contributed by atoms with Crippen molar-refractivity contribution in [2.45, 2.75) is 58.3 Å². The summed E-state index contributed by atoms with van der Waals surface area (Å²) in [7, 11) is 0. The highest BCUT2D eigenvalue weighted by molar-refractivity contribution is 6.10. The van der Waals surface area contributed by atoms with Crippen LogP contribution in [-0.2, 0) is 17.8 Å². The number of hydrogen-bond acceptors (Lipinski definition) is 4. The lowest BCUT2D eigenvalue weighted by Gasteiger charge is -2.17. The Bertz CT molecular complexity index is 1110. The van der Waals surface area contributed by atoms with Gasteiger partial charge in [-0.15, -0.1) is 0 Å². The Morgan fingerprint density at radius 2 is 1.59 bits per heavy atom. The summed E-state index contributed by atoms with van der Waals surface area (Å²) in [5.74, 6) is -1.29. The maximum atomic E-state index is 13.5. The van der Waals surface area contributed by atoms with Gasteiger partial charge in [0.2, 0.25) is 0 Å². The van der Waals surface area contributed by atoms with Gasteiger partial charge in [-0.1, -0.05) is 55.5 Å². The number of carboxylic acids is 1. The third-order valence-electron chi connectivity index (χ3n) is 5.93. The molecular weight excluding hydrogens is 432 g/mol. The number of carbonyl (C=O) groups is 2. The van der Waals surface area contributed by atoms with Crippen LogP contribution in [0.1, 0.15) is 47.9 Å². The molecule has 0 aliphatic carbocycles. The molecule has 0 unspecified atom stereocenters. The van der Waals surface area contributed by atoms with Crippen LogP contribution in [0, 0.1) is 6.92 Å². The Kier molecular flexibility index (Phi) is 8.62. The molecule has 0 radical (unpaired) electrons. The number of aliphatic carboxylic acids is 1. The molecule has 2 atom stereocenters. The van der Waals surface area contributed by atoms with E-state index in [1.54, 1.807) is 0 Å².